The number of hydrogen-bond acceptors (Lipinski definition) is 4. The van der Waals surface area contributed by atoms with Crippen LogP contribution in [0.1, 0.15) is 13.3 Å². The zero-order valence-corrected chi connectivity index (χ0v) is 17.4. The average molecular weight is 411 g/mol. The van der Waals surface area contributed by atoms with Gasteiger partial charge >= 0.3 is 6.03 Å². The molecule has 0 fully saturated rings. The Hall–Kier alpha value is -3.06. The van der Waals surface area contributed by atoms with Gasteiger partial charge in [-0.25, -0.2) is 9.78 Å². The quantitative estimate of drug-likeness (QED) is 0.679. The van der Waals surface area contributed by atoms with Gasteiger partial charge in [0.2, 0.25) is 0 Å². The Morgan fingerprint density at radius 3 is 2.79 bits per heavy atom. The highest BCUT2D eigenvalue weighted by Crippen LogP contribution is 2.35. The van der Waals surface area contributed by atoms with Crippen LogP contribution in [-0.4, -0.2) is 40.4 Å². The Balaban J connectivity index is 1.76. The first-order valence-electron chi connectivity index (χ1n) is 9.49. The number of benzene rings is 1. The highest BCUT2D eigenvalue weighted by Gasteiger charge is 2.30. The summed E-state index contributed by atoms with van der Waals surface area (Å²) in [4.78, 5) is 22.0. The molecular weight excluding hydrogens is 388 g/mol. The lowest BCUT2D eigenvalue weighted by atomic mass is 10.1. The Morgan fingerprint density at radius 2 is 2.07 bits per heavy atom. The van der Waals surface area contributed by atoms with Crippen LogP contribution in [0, 0.1) is 0 Å². The smallest absolute Gasteiger partial charge is 0.327 e. The molecule has 0 saturated carbocycles. The number of urea groups is 1. The van der Waals surface area contributed by atoms with Gasteiger partial charge in [-0.15, -0.1) is 0 Å². The van der Waals surface area contributed by atoms with Crippen LogP contribution < -0.4 is 15.1 Å². The van der Waals surface area contributed by atoms with Crippen molar-refractivity contribution in [1.82, 2.24) is 14.8 Å². The lowest BCUT2D eigenvalue weighted by molar-refractivity contribution is 0.255. The number of pyridine rings is 1. The standard InChI is InChI=1S/C21H23ClN6O/c1-14-9-10-26(2)19-8-7-18(15-5-4-6-16(22)11-15)25-20(19)28(14)21(29)24-17-12-23-27(3)13-17/h4-8,11-14H,9-10H2,1-3H3,(H,24,29)/t14-/m1/s1. The molecule has 7 nitrogen and oxygen atoms in total. The fourth-order valence-electron chi connectivity index (χ4n) is 3.53. The molecule has 29 heavy (non-hydrogen) atoms. The Labute approximate surface area is 174 Å². The zero-order chi connectivity index (χ0) is 20.5. The molecule has 2 amide bonds. The van der Waals surface area contributed by atoms with E-state index in [2.05, 4.69) is 15.3 Å². The summed E-state index contributed by atoms with van der Waals surface area (Å²) < 4.78 is 1.65. The van der Waals surface area contributed by atoms with Crippen LogP contribution in [0.2, 0.25) is 5.02 Å². The number of anilines is 3. The molecule has 1 aliphatic rings. The molecule has 0 bridgehead atoms. The van der Waals surface area contributed by atoms with Crippen LogP contribution in [0.25, 0.3) is 11.3 Å². The molecule has 150 valence electrons. The number of carbonyl (C=O) groups is 1. The van der Waals surface area contributed by atoms with Gasteiger partial charge in [0.25, 0.3) is 0 Å². The monoisotopic (exact) mass is 410 g/mol. The number of nitrogens with one attached hydrogen (secondary N) is 1. The second-order valence-electron chi connectivity index (χ2n) is 7.31. The lowest BCUT2D eigenvalue weighted by Gasteiger charge is -2.27. The number of fused-ring (bicyclic) bond motifs is 1. The minimum absolute atomic E-state index is 0.0162. The van der Waals surface area contributed by atoms with Gasteiger partial charge in [-0.3, -0.25) is 9.58 Å². The van der Waals surface area contributed by atoms with E-state index in [0.717, 1.165) is 29.9 Å². The number of amides is 2. The van der Waals surface area contributed by atoms with Crippen LogP contribution >= 0.6 is 11.6 Å². The second kappa shape index (κ2) is 7.75. The van der Waals surface area contributed by atoms with Crippen molar-refractivity contribution in [3.8, 4) is 11.3 Å². The zero-order valence-electron chi connectivity index (χ0n) is 16.6. The summed E-state index contributed by atoms with van der Waals surface area (Å²) in [7, 11) is 3.84. The molecule has 3 aromatic rings. The molecule has 0 aliphatic carbocycles. The molecule has 0 spiro atoms. The van der Waals surface area contributed by atoms with Crippen LogP contribution in [0.3, 0.4) is 0 Å². The third-order valence-corrected chi connectivity index (χ3v) is 5.35. The first kappa shape index (κ1) is 19.3. The summed E-state index contributed by atoms with van der Waals surface area (Å²) in [6.45, 7) is 2.88. The van der Waals surface area contributed by atoms with Crippen LogP contribution in [-0.2, 0) is 7.05 Å². The number of hydrogen-bond donors (Lipinski definition) is 1. The summed E-state index contributed by atoms with van der Waals surface area (Å²) in [6, 6.07) is 11.3. The van der Waals surface area contributed by atoms with Gasteiger partial charge in [-0.2, -0.15) is 5.10 Å². The Morgan fingerprint density at radius 1 is 1.24 bits per heavy atom. The predicted molar refractivity (Wildman–Crippen MR) is 117 cm³/mol. The Bertz CT molecular complexity index is 1050. The number of aromatic nitrogens is 3. The molecule has 1 N–H and O–H groups in total. The fourth-order valence-corrected chi connectivity index (χ4v) is 3.72. The van der Waals surface area contributed by atoms with Gasteiger partial charge in [0.1, 0.15) is 0 Å². The average Bonchev–Trinajstić information content (AvgIpc) is 3.05. The molecule has 8 heteroatoms. The number of aryl methyl sites for hydroxylation is 1. The number of carbonyl (C=O) groups excluding carboxylic acids is 1. The van der Waals surface area contributed by atoms with E-state index in [1.54, 1.807) is 22.0 Å². The molecule has 2 aromatic heterocycles. The fraction of sp³-hybridized carbons (Fsp3) is 0.286. The van der Waals surface area contributed by atoms with Crippen molar-refractivity contribution in [1.29, 1.82) is 0 Å². The third kappa shape index (κ3) is 3.91. The molecule has 0 unspecified atom stereocenters. The van der Waals surface area contributed by atoms with Crippen molar-refractivity contribution >= 4 is 34.8 Å². The molecular formula is C21H23ClN6O. The highest BCUT2D eigenvalue weighted by atomic mass is 35.5. The topological polar surface area (TPSA) is 66.3 Å². The normalized spacial score (nSPS) is 16.3. The van der Waals surface area contributed by atoms with E-state index in [9.17, 15) is 4.79 Å². The summed E-state index contributed by atoms with van der Waals surface area (Å²) in [5.74, 6) is 0.636. The van der Waals surface area contributed by atoms with Crippen molar-refractivity contribution < 1.29 is 4.79 Å². The SMILES string of the molecule is C[C@@H]1CCN(C)c2ccc(-c3cccc(Cl)c3)nc2N1C(=O)Nc1cnn(C)c1. The van der Waals surface area contributed by atoms with Gasteiger partial charge in [-0.1, -0.05) is 23.7 Å². The predicted octanol–water partition coefficient (Wildman–Crippen LogP) is 4.40. The number of nitrogens with zero attached hydrogens (tertiary/aromatic N) is 5. The molecule has 1 atom stereocenters. The molecule has 1 aliphatic heterocycles. The van der Waals surface area contributed by atoms with Gasteiger partial charge in [0, 0.05) is 43.5 Å². The van der Waals surface area contributed by atoms with Crippen molar-refractivity contribution in [2.24, 2.45) is 7.05 Å². The molecule has 4 rings (SSSR count). The third-order valence-electron chi connectivity index (χ3n) is 5.11. The second-order valence-corrected chi connectivity index (χ2v) is 7.75. The van der Waals surface area contributed by atoms with Crippen molar-refractivity contribution in [2.45, 2.75) is 19.4 Å². The first-order valence-corrected chi connectivity index (χ1v) is 9.87. The minimum Gasteiger partial charge on any atom is -0.372 e. The van der Waals surface area contributed by atoms with Crippen LogP contribution in [0.15, 0.2) is 48.8 Å². The Kier molecular flexibility index (Phi) is 5.15. The summed E-state index contributed by atoms with van der Waals surface area (Å²) in [5.41, 5.74) is 3.25. The largest absolute Gasteiger partial charge is 0.372 e. The first-order chi connectivity index (χ1) is 13.9. The van der Waals surface area contributed by atoms with Gasteiger partial charge in [0.15, 0.2) is 5.82 Å². The number of rotatable bonds is 2. The van der Waals surface area contributed by atoms with E-state index in [-0.39, 0.29) is 12.1 Å². The molecule has 0 saturated heterocycles. The highest BCUT2D eigenvalue weighted by molar-refractivity contribution is 6.30. The molecule has 1 aromatic carbocycles. The molecule has 3 heterocycles. The van der Waals surface area contributed by atoms with Gasteiger partial charge in [-0.05, 0) is 37.6 Å². The molecule has 0 radical (unpaired) electrons. The summed E-state index contributed by atoms with van der Waals surface area (Å²) >= 11 is 6.16. The summed E-state index contributed by atoms with van der Waals surface area (Å²) in [5, 5.41) is 7.71. The maximum atomic E-state index is 13.2. The lowest BCUT2D eigenvalue weighted by Crippen LogP contribution is -2.42. The van der Waals surface area contributed by atoms with Gasteiger partial charge < -0.3 is 10.2 Å². The van der Waals surface area contributed by atoms with E-state index >= 15 is 0 Å². The maximum absolute atomic E-state index is 13.2. The van der Waals surface area contributed by atoms with E-state index in [1.165, 1.54) is 0 Å². The van der Waals surface area contributed by atoms with Gasteiger partial charge in [0.05, 0.1) is 23.3 Å². The van der Waals surface area contributed by atoms with Crippen molar-refractivity contribution in [2.75, 3.05) is 28.7 Å². The van der Waals surface area contributed by atoms with Crippen molar-refractivity contribution in [3.63, 3.8) is 0 Å². The van der Waals surface area contributed by atoms with Crippen LogP contribution in [0.5, 0.6) is 0 Å². The minimum atomic E-state index is -0.224. The van der Waals surface area contributed by atoms with E-state index in [4.69, 9.17) is 16.6 Å². The van der Waals surface area contributed by atoms with E-state index in [0.29, 0.717) is 16.5 Å². The summed E-state index contributed by atoms with van der Waals surface area (Å²) in [6.07, 6.45) is 4.23. The van der Waals surface area contributed by atoms with Crippen molar-refractivity contribution in [3.05, 3.63) is 53.8 Å². The van der Waals surface area contributed by atoms with E-state index in [1.807, 2.05) is 57.4 Å². The van der Waals surface area contributed by atoms with Crippen LogP contribution in [0.4, 0.5) is 22.0 Å². The maximum Gasteiger partial charge on any atom is 0.327 e. The number of halogens is 1. The van der Waals surface area contributed by atoms with E-state index < -0.39 is 0 Å².